The molecule has 6 heteroatoms. The summed E-state index contributed by atoms with van der Waals surface area (Å²) in [5.41, 5.74) is 1.98. The van der Waals surface area contributed by atoms with E-state index in [1.807, 2.05) is 30.8 Å². The van der Waals surface area contributed by atoms with Crippen LogP contribution in [0.1, 0.15) is 91.2 Å². The van der Waals surface area contributed by atoms with Crippen LogP contribution in [-0.2, 0) is 27.3 Å². The van der Waals surface area contributed by atoms with Crippen molar-refractivity contribution in [2.75, 3.05) is 0 Å². The fourth-order valence-electron chi connectivity index (χ4n) is 4.10. The van der Waals surface area contributed by atoms with Crippen molar-refractivity contribution in [1.82, 2.24) is 15.0 Å². The Bertz CT molecular complexity index is 781. The molecule has 1 aromatic heterocycles. The smallest absolute Gasteiger partial charge is 0.306 e. The van der Waals surface area contributed by atoms with E-state index in [-0.39, 0.29) is 23.8 Å². The van der Waals surface area contributed by atoms with Gasteiger partial charge >= 0.3 is 5.97 Å². The summed E-state index contributed by atoms with van der Waals surface area (Å²) in [7, 11) is 0. The van der Waals surface area contributed by atoms with Crippen molar-refractivity contribution in [2.24, 2.45) is 11.8 Å². The fraction of sp³-hybridized carbons (Fsp3) is 0.692. The highest BCUT2D eigenvalue weighted by Crippen LogP contribution is 2.22. The average molecular weight is 444 g/mol. The van der Waals surface area contributed by atoms with Crippen LogP contribution in [0.5, 0.6) is 0 Å². The lowest BCUT2D eigenvalue weighted by Gasteiger charge is -2.25. The first kappa shape index (κ1) is 26.0. The van der Waals surface area contributed by atoms with Crippen molar-refractivity contribution in [3.8, 4) is 0 Å². The summed E-state index contributed by atoms with van der Waals surface area (Å²) in [6, 6.07) is 0. The second-order valence-electron chi connectivity index (χ2n) is 9.24. The van der Waals surface area contributed by atoms with Gasteiger partial charge in [-0.3, -0.25) is 14.3 Å². The molecule has 3 atom stereocenters. The predicted octanol–water partition coefficient (Wildman–Crippen LogP) is 5.62. The molecular weight excluding hydrogens is 402 g/mol. The summed E-state index contributed by atoms with van der Waals surface area (Å²) < 4.78 is 7.79. The van der Waals surface area contributed by atoms with Crippen LogP contribution in [0.15, 0.2) is 30.0 Å². The number of ketones is 1. The molecule has 0 fully saturated rings. The molecule has 2 unspecified atom stereocenters. The lowest BCUT2D eigenvalue weighted by Crippen LogP contribution is -2.29. The van der Waals surface area contributed by atoms with Crippen LogP contribution in [0, 0.1) is 11.8 Å². The second-order valence-corrected chi connectivity index (χ2v) is 9.24. The van der Waals surface area contributed by atoms with E-state index in [0.29, 0.717) is 25.3 Å². The Labute approximate surface area is 193 Å². The average Bonchev–Trinajstić information content (AvgIpc) is 3.22. The molecule has 1 aliphatic rings. The van der Waals surface area contributed by atoms with Gasteiger partial charge < -0.3 is 4.74 Å². The molecule has 0 aromatic carbocycles. The molecule has 1 aromatic rings. The van der Waals surface area contributed by atoms with Gasteiger partial charge in [-0.05, 0) is 51.0 Å². The minimum Gasteiger partial charge on any atom is -0.462 e. The van der Waals surface area contributed by atoms with E-state index in [2.05, 4.69) is 30.2 Å². The maximum Gasteiger partial charge on any atom is 0.306 e. The van der Waals surface area contributed by atoms with Crippen LogP contribution in [0.2, 0.25) is 0 Å². The number of rotatable bonds is 6. The van der Waals surface area contributed by atoms with Gasteiger partial charge in [0.15, 0.2) is 5.78 Å². The molecule has 0 aliphatic carbocycles. The molecule has 0 spiro atoms. The Morgan fingerprint density at radius 2 is 1.94 bits per heavy atom. The predicted molar refractivity (Wildman–Crippen MR) is 127 cm³/mol. The molecule has 2 rings (SSSR count). The summed E-state index contributed by atoms with van der Waals surface area (Å²) in [5, 5.41) is 8.60. The van der Waals surface area contributed by atoms with Gasteiger partial charge in [-0.2, -0.15) is 0 Å². The Kier molecular flexibility index (Phi) is 11.4. The highest BCUT2D eigenvalue weighted by molar-refractivity contribution is 5.89. The summed E-state index contributed by atoms with van der Waals surface area (Å²) in [5.74, 6) is 0.453. The molecule has 2 heterocycles. The normalized spacial score (nSPS) is 26.9. The van der Waals surface area contributed by atoms with Crippen LogP contribution in [0.4, 0.5) is 0 Å². The van der Waals surface area contributed by atoms with E-state index < -0.39 is 0 Å². The highest BCUT2D eigenvalue weighted by Gasteiger charge is 2.24. The number of cyclic esters (lactones) is 1. The Morgan fingerprint density at radius 3 is 2.69 bits per heavy atom. The molecule has 0 saturated heterocycles. The highest BCUT2D eigenvalue weighted by atomic mass is 16.5. The molecule has 178 valence electrons. The maximum absolute atomic E-state index is 12.6. The van der Waals surface area contributed by atoms with Crippen LogP contribution < -0.4 is 0 Å². The van der Waals surface area contributed by atoms with Gasteiger partial charge in [-0.1, -0.05) is 63.0 Å². The van der Waals surface area contributed by atoms with E-state index in [1.165, 1.54) is 0 Å². The van der Waals surface area contributed by atoms with Crippen molar-refractivity contribution < 1.29 is 14.3 Å². The standard InChI is InChI=1S/C26H41N3O3/c1-5-7-11-23-19-29(28-27-23)18-22-17-21(4)13-15-24(30)12-9-8-10-20(3)14-16-26(31)32-25(22)6-2/h13,15,17,19-20,22,25H,5-12,14,16,18H2,1-4H3/b15-13+,21-17+/t20-,22?,25?/m1/s1. The molecule has 0 N–H and O–H groups in total. The quantitative estimate of drug-likeness (QED) is 0.533. The molecule has 0 bridgehead atoms. The first-order valence-electron chi connectivity index (χ1n) is 12.4. The Hall–Kier alpha value is -2.24. The fourth-order valence-corrected chi connectivity index (χ4v) is 4.10. The van der Waals surface area contributed by atoms with Crippen molar-refractivity contribution in [3.63, 3.8) is 0 Å². The van der Waals surface area contributed by atoms with E-state index >= 15 is 0 Å². The third kappa shape index (κ3) is 9.49. The van der Waals surface area contributed by atoms with Crippen LogP contribution >= 0.6 is 0 Å². The number of hydrogen-bond donors (Lipinski definition) is 0. The van der Waals surface area contributed by atoms with Gasteiger partial charge in [0.25, 0.3) is 0 Å². The van der Waals surface area contributed by atoms with Gasteiger partial charge in [0, 0.05) is 25.0 Å². The molecule has 32 heavy (non-hydrogen) atoms. The number of carbonyl (C=O) groups excluding carboxylic acids is 2. The van der Waals surface area contributed by atoms with Crippen LogP contribution in [0.3, 0.4) is 0 Å². The molecule has 6 nitrogen and oxygen atoms in total. The Morgan fingerprint density at radius 1 is 1.12 bits per heavy atom. The van der Waals surface area contributed by atoms with E-state index in [1.54, 1.807) is 6.08 Å². The minimum atomic E-state index is -0.243. The number of esters is 1. The van der Waals surface area contributed by atoms with E-state index in [4.69, 9.17) is 4.74 Å². The van der Waals surface area contributed by atoms with Crippen LogP contribution in [-0.4, -0.2) is 32.9 Å². The summed E-state index contributed by atoms with van der Waals surface area (Å²) in [4.78, 5) is 24.8. The lowest BCUT2D eigenvalue weighted by atomic mass is 9.95. The Balaban J connectivity index is 2.23. The van der Waals surface area contributed by atoms with Gasteiger partial charge in [0.1, 0.15) is 6.10 Å². The SMILES string of the molecule is CCCCc1cn(CC2/C=C(C)/C=C/C(=O)CCCC[C@@H](C)CCC(=O)OC2CC)nn1. The zero-order valence-electron chi connectivity index (χ0n) is 20.4. The number of allylic oxidation sites excluding steroid dienone is 3. The van der Waals surface area contributed by atoms with Crippen molar-refractivity contribution >= 4 is 11.8 Å². The molecule has 0 radical (unpaired) electrons. The molecule has 0 saturated carbocycles. The molecular formula is C26H41N3O3. The third-order valence-electron chi connectivity index (χ3n) is 6.15. The third-order valence-corrected chi connectivity index (χ3v) is 6.15. The van der Waals surface area contributed by atoms with Crippen LogP contribution in [0.25, 0.3) is 0 Å². The molecule has 0 amide bonds. The largest absolute Gasteiger partial charge is 0.462 e. The second kappa shape index (κ2) is 14.0. The lowest BCUT2D eigenvalue weighted by molar-refractivity contribution is -0.151. The number of nitrogens with zero attached hydrogens (tertiary/aromatic N) is 3. The first-order valence-corrected chi connectivity index (χ1v) is 12.4. The number of ether oxygens (including phenoxy) is 1. The number of hydrogen-bond acceptors (Lipinski definition) is 5. The number of carbonyl (C=O) groups is 2. The topological polar surface area (TPSA) is 74.1 Å². The monoisotopic (exact) mass is 443 g/mol. The zero-order chi connectivity index (χ0) is 23.3. The van der Waals surface area contributed by atoms with Gasteiger partial charge in [0.05, 0.1) is 12.2 Å². The number of unbranched alkanes of at least 4 members (excludes halogenated alkanes) is 1. The first-order chi connectivity index (χ1) is 15.4. The van der Waals surface area contributed by atoms with Gasteiger partial charge in [0.2, 0.25) is 0 Å². The van der Waals surface area contributed by atoms with Gasteiger partial charge in [-0.25, -0.2) is 0 Å². The summed E-state index contributed by atoms with van der Waals surface area (Å²) in [6.45, 7) is 8.95. The molecule has 1 aliphatic heterocycles. The van der Waals surface area contributed by atoms with Gasteiger partial charge in [-0.15, -0.1) is 5.10 Å². The number of aromatic nitrogens is 3. The summed E-state index contributed by atoms with van der Waals surface area (Å²) >= 11 is 0. The number of aryl methyl sites for hydroxylation is 1. The summed E-state index contributed by atoms with van der Waals surface area (Å²) in [6.07, 6.45) is 16.1. The maximum atomic E-state index is 12.6. The van der Waals surface area contributed by atoms with Crippen molar-refractivity contribution in [2.45, 2.75) is 105 Å². The zero-order valence-corrected chi connectivity index (χ0v) is 20.4. The van der Waals surface area contributed by atoms with E-state index in [0.717, 1.165) is 62.6 Å². The van der Waals surface area contributed by atoms with Crippen molar-refractivity contribution in [1.29, 1.82) is 0 Å². The van der Waals surface area contributed by atoms with Crippen molar-refractivity contribution in [3.05, 3.63) is 35.7 Å². The van der Waals surface area contributed by atoms with E-state index in [9.17, 15) is 9.59 Å². The minimum absolute atomic E-state index is 0.0465.